The first-order valence-corrected chi connectivity index (χ1v) is 4.79. The van der Waals surface area contributed by atoms with Crippen molar-refractivity contribution in [2.45, 2.75) is 12.8 Å². The average molecular weight is 168 g/mol. The van der Waals surface area contributed by atoms with Crippen LogP contribution in [0.1, 0.15) is 18.4 Å². The minimum Gasteiger partial charge on any atom is -0.0842 e. The van der Waals surface area contributed by atoms with Crippen LogP contribution in [-0.2, 0) is 0 Å². The van der Waals surface area contributed by atoms with Gasteiger partial charge in [-0.15, -0.1) is 0 Å². The molecule has 0 saturated heterocycles. The van der Waals surface area contributed by atoms with Gasteiger partial charge >= 0.3 is 0 Å². The Morgan fingerprint density at radius 2 is 2.00 bits per heavy atom. The summed E-state index contributed by atoms with van der Waals surface area (Å²) >= 11 is 0. The predicted molar refractivity (Wildman–Crippen MR) is 61.0 cm³/mol. The van der Waals surface area contributed by atoms with Crippen LogP contribution >= 0.6 is 0 Å². The molecular weight excluding hydrogens is 155 g/mol. The molecular formula is C12H13B. The lowest BCUT2D eigenvalue weighted by Gasteiger charge is -2.11. The van der Waals surface area contributed by atoms with E-state index in [0.29, 0.717) is 0 Å². The summed E-state index contributed by atoms with van der Waals surface area (Å²) in [7, 11) is 2.18. The zero-order chi connectivity index (χ0) is 9.10. The third-order valence-electron chi connectivity index (χ3n) is 2.50. The van der Waals surface area contributed by atoms with Gasteiger partial charge in [-0.05, 0) is 24.0 Å². The van der Waals surface area contributed by atoms with Gasteiger partial charge in [-0.1, -0.05) is 48.0 Å². The number of rotatable bonds is 1. The maximum absolute atomic E-state index is 2.23. The van der Waals surface area contributed by atoms with Crippen molar-refractivity contribution in [3.05, 3.63) is 48.1 Å². The molecule has 13 heavy (non-hydrogen) atoms. The van der Waals surface area contributed by atoms with E-state index in [2.05, 4.69) is 50.3 Å². The first kappa shape index (κ1) is 8.37. The van der Waals surface area contributed by atoms with Gasteiger partial charge in [0.2, 0.25) is 0 Å². The summed E-state index contributed by atoms with van der Waals surface area (Å²) in [5.74, 6) is 0. The van der Waals surface area contributed by atoms with Gasteiger partial charge in [-0.3, -0.25) is 0 Å². The molecule has 0 atom stereocenters. The fourth-order valence-electron chi connectivity index (χ4n) is 1.76. The minimum absolute atomic E-state index is 1.18. The van der Waals surface area contributed by atoms with Gasteiger partial charge in [-0.2, -0.15) is 0 Å². The van der Waals surface area contributed by atoms with E-state index in [4.69, 9.17) is 0 Å². The predicted octanol–water partition coefficient (Wildman–Crippen LogP) is 1.68. The van der Waals surface area contributed by atoms with Crippen molar-refractivity contribution in [3.8, 4) is 0 Å². The van der Waals surface area contributed by atoms with E-state index in [0.717, 1.165) is 0 Å². The molecule has 1 aliphatic carbocycles. The molecule has 64 valence electrons. The summed E-state index contributed by atoms with van der Waals surface area (Å²) in [4.78, 5) is 0. The summed E-state index contributed by atoms with van der Waals surface area (Å²) in [6.45, 7) is 0. The lowest BCUT2D eigenvalue weighted by atomic mass is 9.85. The largest absolute Gasteiger partial charge is 0.140 e. The van der Waals surface area contributed by atoms with E-state index >= 15 is 0 Å². The molecule has 0 spiro atoms. The molecule has 1 aromatic carbocycles. The van der Waals surface area contributed by atoms with Crippen LogP contribution in [0.15, 0.2) is 42.5 Å². The van der Waals surface area contributed by atoms with Gasteiger partial charge in [0.05, 0.1) is 0 Å². The monoisotopic (exact) mass is 168 g/mol. The van der Waals surface area contributed by atoms with Gasteiger partial charge < -0.3 is 0 Å². The molecule has 0 nitrogen and oxygen atoms in total. The van der Waals surface area contributed by atoms with Gasteiger partial charge in [0.1, 0.15) is 7.85 Å². The van der Waals surface area contributed by atoms with Gasteiger partial charge in [0.15, 0.2) is 0 Å². The first-order valence-electron chi connectivity index (χ1n) is 4.79. The molecule has 0 aliphatic heterocycles. The molecule has 0 N–H and O–H groups in total. The van der Waals surface area contributed by atoms with Crippen LogP contribution in [0.4, 0.5) is 0 Å². The van der Waals surface area contributed by atoms with Crippen molar-refractivity contribution in [2.24, 2.45) is 0 Å². The highest BCUT2D eigenvalue weighted by atomic mass is 14.1. The third-order valence-corrected chi connectivity index (χ3v) is 2.50. The average Bonchev–Trinajstić information content (AvgIpc) is 2.20. The Morgan fingerprint density at radius 3 is 2.69 bits per heavy atom. The summed E-state index contributed by atoms with van der Waals surface area (Å²) < 4.78 is 0. The van der Waals surface area contributed by atoms with Crippen LogP contribution in [0.2, 0.25) is 0 Å². The highest BCUT2D eigenvalue weighted by Gasteiger charge is 2.04. The lowest BCUT2D eigenvalue weighted by molar-refractivity contribution is 1.06. The minimum atomic E-state index is 1.18. The highest BCUT2D eigenvalue weighted by molar-refractivity contribution is 6.34. The SMILES string of the molecule is Bc1ccccc1C1=CC=CCC1. The second-order valence-corrected chi connectivity index (χ2v) is 3.47. The van der Waals surface area contributed by atoms with E-state index in [-0.39, 0.29) is 0 Å². The lowest BCUT2D eigenvalue weighted by Crippen LogP contribution is -2.09. The Labute approximate surface area is 80.4 Å². The molecule has 2 rings (SSSR count). The van der Waals surface area contributed by atoms with Crippen LogP contribution in [0.5, 0.6) is 0 Å². The van der Waals surface area contributed by atoms with Crippen molar-refractivity contribution in [1.82, 2.24) is 0 Å². The standard InChI is InChI=1S/C12H13B/c13-12-9-5-4-8-11(12)10-6-2-1-3-7-10/h1-2,4-6,8-9H,3,7,13H2. The summed E-state index contributed by atoms with van der Waals surface area (Å²) in [6, 6.07) is 8.59. The number of hydrogen-bond donors (Lipinski definition) is 0. The number of hydrogen-bond acceptors (Lipinski definition) is 0. The topological polar surface area (TPSA) is 0 Å². The summed E-state index contributed by atoms with van der Waals surface area (Å²) in [5.41, 5.74) is 4.26. The van der Waals surface area contributed by atoms with E-state index in [1.165, 1.54) is 29.4 Å². The normalized spacial score (nSPS) is 15.5. The Bertz CT molecular complexity index is 361. The summed E-state index contributed by atoms with van der Waals surface area (Å²) in [5, 5.41) is 0. The van der Waals surface area contributed by atoms with Crippen LogP contribution < -0.4 is 5.46 Å². The summed E-state index contributed by atoms with van der Waals surface area (Å²) in [6.07, 6.45) is 8.97. The van der Waals surface area contributed by atoms with Crippen LogP contribution in [0.3, 0.4) is 0 Å². The highest BCUT2D eigenvalue weighted by Crippen LogP contribution is 2.21. The maximum atomic E-state index is 2.23. The van der Waals surface area contributed by atoms with Crippen molar-refractivity contribution < 1.29 is 0 Å². The van der Waals surface area contributed by atoms with Gasteiger partial charge in [0.25, 0.3) is 0 Å². The van der Waals surface area contributed by atoms with Crippen LogP contribution in [-0.4, -0.2) is 7.85 Å². The van der Waals surface area contributed by atoms with Crippen LogP contribution in [0, 0.1) is 0 Å². The number of benzene rings is 1. The van der Waals surface area contributed by atoms with E-state index in [1.807, 2.05) is 0 Å². The van der Waals surface area contributed by atoms with E-state index in [9.17, 15) is 0 Å². The van der Waals surface area contributed by atoms with Crippen molar-refractivity contribution in [3.63, 3.8) is 0 Å². The molecule has 0 saturated carbocycles. The van der Waals surface area contributed by atoms with Crippen molar-refractivity contribution >= 4 is 18.9 Å². The second-order valence-electron chi connectivity index (χ2n) is 3.47. The van der Waals surface area contributed by atoms with E-state index < -0.39 is 0 Å². The Balaban J connectivity index is 2.40. The molecule has 0 amide bonds. The molecule has 0 heterocycles. The molecule has 0 aromatic heterocycles. The van der Waals surface area contributed by atoms with Crippen molar-refractivity contribution in [1.29, 1.82) is 0 Å². The van der Waals surface area contributed by atoms with Crippen LogP contribution in [0.25, 0.3) is 5.57 Å². The molecule has 0 radical (unpaired) electrons. The first-order chi connectivity index (χ1) is 6.38. The van der Waals surface area contributed by atoms with Gasteiger partial charge in [0, 0.05) is 0 Å². The smallest absolute Gasteiger partial charge is 0.0842 e. The Kier molecular flexibility index (Phi) is 2.35. The second kappa shape index (κ2) is 3.65. The van der Waals surface area contributed by atoms with Gasteiger partial charge in [-0.25, -0.2) is 0 Å². The fraction of sp³-hybridized carbons (Fsp3) is 0.167. The zero-order valence-corrected chi connectivity index (χ0v) is 7.96. The molecule has 1 aromatic rings. The number of allylic oxidation sites excluding steroid dienone is 4. The third kappa shape index (κ3) is 1.75. The zero-order valence-electron chi connectivity index (χ0n) is 7.96. The Morgan fingerprint density at radius 1 is 1.15 bits per heavy atom. The Hall–Kier alpha value is -1.24. The fourth-order valence-corrected chi connectivity index (χ4v) is 1.76. The van der Waals surface area contributed by atoms with Crippen molar-refractivity contribution in [2.75, 3.05) is 0 Å². The molecule has 0 fully saturated rings. The molecule has 1 aliphatic rings. The molecule has 1 heteroatoms. The maximum Gasteiger partial charge on any atom is 0.140 e. The van der Waals surface area contributed by atoms with E-state index in [1.54, 1.807) is 0 Å². The quantitative estimate of drug-likeness (QED) is 0.559. The molecule has 0 unspecified atom stereocenters. The molecule has 0 bridgehead atoms.